The second kappa shape index (κ2) is 48.3. The van der Waals surface area contributed by atoms with Crippen LogP contribution in [0.5, 0.6) is 0 Å². The molecule has 0 aliphatic heterocycles. The molecule has 344 valence electrons. The van der Waals surface area contributed by atoms with Gasteiger partial charge >= 0.3 is 17.9 Å². The predicted octanol–water partition coefficient (Wildman–Crippen LogP) is 16.5. The summed E-state index contributed by atoms with van der Waals surface area (Å²) in [6, 6.07) is 0. The summed E-state index contributed by atoms with van der Waals surface area (Å²) in [5.74, 6) is -0.913. The molecule has 0 aliphatic carbocycles. The van der Waals surface area contributed by atoms with Crippen molar-refractivity contribution in [1.82, 2.24) is 0 Å². The van der Waals surface area contributed by atoms with Crippen LogP contribution in [0, 0.1) is 0 Å². The van der Waals surface area contributed by atoms with Gasteiger partial charge in [0.15, 0.2) is 6.10 Å². The first-order valence-electron chi connectivity index (χ1n) is 25.5. The summed E-state index contributed by atoms with van der Waals surface area (Å²) >= 11 is 0. The number of allylic oxidation sites excluding steroid dienone is 6. The summed E-state index contributed by atoms with van der Waals surface area (Å²) in [6.07, 6.45) is 55.6. The molecule has 0 rings (SSSR count). The second-order valence-electron chi connectivity index (χ2n) is 17.1. The number of carbonyl (C=O) groups excluding carboxylic acids is 3. The smallest absolute Gasteiger partial charge is 0.306 e. The molecule has 0 bridgehead atoms. The average molecular weight is 829 g/mol. The predicted molar refractivity (Wildman–Crippen MR) is 252 cm³/mol. The maximum Gasteiger partial charge on any atom is 0.306 e. The summed E-state index contributed by atoms with van der Waals surface area (Å²) in [7, 11) is 0. The van der Waals surface area contributed by atoms with Crippen LogP contribution < -0.4 is 0 Å². The van der Waals surface area contributed by atoms with Gasteiger partial charge in [0.2, 0.25) is 0 Å². The van der Waals surface area contributed by atoms with Crippen LogP contribution in [-0.4, -0.2) is 37.2 Å². The fourth-order valence-electron chi connectivity index (χ4n) is 7.34. The van der Waals surface area contributed by atoms with Crippen LogP contribution in [-0.2, 0) is 28.6 Å². The van der Waals surface area contributed by atoms with Crippen molar-refractivity contribution in [3.8, 4) is 0 Å². The van der Waals surface area contributed by atoms with E-state index in [4.69, 9.17) is 14.2 Å². The molecule has 0 spiro atoms. The van der Waals surface area contributed by atoms with Gasteiger partial charge in [0.25, 0.3) is 0 Å². The highest BCUT2D eigenvalue weighted by Crippen LogP contribution is 2.16. The molecular formula is C53H96O6. The van der Waals surface area contributed by atoms with E-state index in [-0.39, 0.29) is 37.5 Å². The Morgan fingerprint density at radius 2 is 0.661 bits per heavy atom. The summed E-state index contributed by atoms with van der Waals surface area (Å²) in [5.41, 5.74) is 0. The molecular weight excluding hydrogens is 733 g/mol. The van der Waals surface area contributed by atoms with Crippen molar-refractivity contribution in [1.29, 1.82) is 0 Å². The fourth-order valence-corrected chi connectivity index (χ4v) is 7.34. The number of unbranched alkanes of at least 4 members (excludes halogenated alkanes) is 29. The number of esters is 3. The number of ether oxygens (including phenoxy) is 3. The van der Waals surface area contributed by atoms with E-state index in [1.165, 1.54) is 148 Å². The van der Waals surface area contributed by atoms with Gasteiger partial charge in [-0.2, -0.15) is 0 Å². The third kappa shape index (κ3) is 46.5. The molecule has 59 heavy (non-hydrogen) atoms. The molecule has 0 radical (unpaired) electrons. The van der Waals surface area contributed by atoms with Crippen molar-refractivity contribution in [3.63, 3.8) is 0 Å². The molecule has 0 heterocycles. The van der Waals surface area contributed by atoms with E-state index in [9.17, 15) is 14.4 Å². The van der Waals surface area contributed by atoms with Crippen molar-refractivity contribution in [3.05, 3.63) is 36.5 Å². The third-order valence-corrected chi connectivity index (χ3v) is 11.2. The zero-order valence-electron chi connectivity index (χ0n) is 39.3. The Bertz CT molecular complexity index is 1000. The van der Waals surface area contributed by atoms with Crippen molar-refractivity contribution in [2.24, 2.45) is 0 Å². The molecule has 0 fully saturated rings. The molecule has 0 amide bonds. The quantitative estimate of drug-likeness (QED) is 0.0263. The van der Waals surface area contributed by atoms with E-state index < -0.39 is 6.10 Å². The molecule has 0 aliphatic rings. The van der Waals surface area contributed by atoms with Crippen LogP contribution in [0.1, 0.15) is 265 Å². The lowest BCUT2D eigenvalue weighted by Gasteiger charge is -2.18. The van der Waals surface area contributed by atoms with Crippen LogP contribution in [0.2, 0.25) is 0 Å². The van der Waals surface area contributed by atoms with Gasteiger partial charge in [-0.05, 0) is 51.4 Å². The maximum absolute atomic E-state index is 12.7. The standard InChI is InChI=1S/C53H96O6/c1-4-7-10-13-16-19-22-25-26-27-28-29-32-34-37-40-43-46-52(55)58-49-50(59-53(56)47-44-41-38-35-31-24-21-18-15-12-9-6-3)48-57-51(54)45-42-39-36-33-30-23-20-17-14-11-8-5-2/h9,12,18,21,31,35,50H,4-8,10-11,13-17,19-20,22-30,32-34,36-49H2,1-3H3/b12-9-,21-18-,35-31-. The SMILES string of the molecule is CC/C=C\C/C=C\C/C=C\CCCCC(=O)OC(COC(=O)CCCCCCCCCCCCCC)COC(=O)CCCCCCCCCCCCCCCCCCC. The van der Waals surface area contributed by atoms with Gasteiger partial charge in [-0.15, -0.1) is 0 Å². The minimum atomic E-state index is -0.785. The molecule has 0 aromatic carbocycles. The number of hydrogen-bond acceptors (Lipinski definition) is 6. The van der Waals surface area contributed by atoms with Gasteiger partial charge in [0.1, 0.15) is 13.2 Å². The number of hydrogen-bond donors (Lipinski definition) is 0. The van der Waals surface area contributed by atoms with Gasteiger partial charge in [-0.3, -0.25) is 14.4 Å². The van der Waals surface area contributed by atoms with Crippen molar-refractivity contribution in [2.45, 2.75) is 271 Å². The fraction of sp³-hybridized carbons (Fsp3) is 0.830. The van der Waals surface area contributed by atoms with E-state index in [2.05, 4.69) is 57.2 Å². The molecule has 1 unspecified atom stereocenters. The van der Waals surface area contributed by atoms with E-state index in [1.54, 1.807) is 0 Å². The van der Waals surface area contributed by atoms with Crippen LogP contribution in [0.3, 0.4) is 0 Å². The number of rotatable bonds is 46. The minimum Gasteiger partial charge on any atom is -0.462 e. The Kier molecular flexibility index (Phi) is 46.4. The van der Waals surface area contributed by atoms with Crippen molar-refractivity contribution in [2.75, 3.05) is 13.2 Å². The highest BCUT2D eigenvalue weighted by Gasteiger charge is 2.19. The first-order chi connectivity index (χ1) is 29.0. The molecule has 0 aromatic rings. The van der Waals surface area contributed by atoms with Gasteiger partial charge in [0.05, 0.1) is 0 Å². The summed E-state index contributed by atoms with van der Waals surface area (Å²) in [5, 5.41) is 0. The molecule has 1 atom stereocenters. The Morgan fingerprint density at radius 1 is 0.356 bits per heavy atom. The highest BCUT2D eigenvalue weighted by molar-refractivity contribution is 5.71. The first kappa shape index (κ1) is 56.6. The molecule has 0 saturated carbocycles. The monoisotopic (exact) mass is 829 g/mol. The topological polar surface area (TPSA) is 78.9 Å². The molecule has 6 nitrogen and oxygen atoms in total. The minimum absolute atomic E-state index is 0.0834. The lowest BCUT2D eigenvalue weighted by Crippen LogP contribution is -2.30. The molecule has 0 N–H and O–H groups in total. The Morgan fingerprint density at radius 3 is 1.03 bits per heavy atom. The molecule has 6 heteroatoms. The molecule has 0 aromatic heterocycles. The van der Waals surface area contributed by atoms with Crippen LogP contribution >= 0.6 is 0 Å². The second-order valence-corrected chi connectivity index (χ2v) is 17.1. The lowest BCUT2D eigenvalue weighted by atomic mass is 10.0. The Labute approximate surface area is 365 Å². The number of carbonyl (C=O) groups is 3. The van der Waals surface area contributed by atoms with Crippen molar-refractivity contribution >= 4 is 17.9 Å². The Balaban J connectivity index is 4.34. The van der Waals surface area contributed by atoms with E-state index in [1.807, 2.05) is 0 Å². The van der Waals surface area contributed by atoms with Gasteiger partial charge < -0.3 is 14.2 Å². The van der Waals surface area contributed by atoms with Crippen LogP contribution in [0.25, 0.3) is 0 Å². The average Bonchev–Trinajstić information content (AvgIpc) is 3.23. The van der Waals surface area contributed by atoms with E-state index in [0.717, 1.165) is 70.6 Å². The maximum atomic E-state index is 12.7. The van der Waals surface area contributed by atoms with Gasteiger partial charge in [-0.25, -0.2) is 0 Å². The first-order valence-corrected chi connectivity index (χ1v) is 25.5. The van der Waals surface area contributed by atoms with E-state index in [0.29, 0.717) is 19.3 Å². The summed E-state index contributed by atoms with van der Waals surface area (Å²) < 4.78 is 16.7. The Hall–Kier alpha value is -2.37. The normalized spacial score (nSPS) is 12.3. The van der Waals surface area contributed by atoms with Gasteiger partial charge in [-0.1, -0.05) is 231 Å². The summed E-state index contributed by atoms with van der Waals surface area (Å²) in [6.45, 7) is 6.51. The van der Waals surface area contributed by atoms with Crippen molar-refractivity contribution < 1.29 is 28.6 Å². The third-order valence-electron chi connectivity index (χ3n) is 11.2. The van der Waals surface area contributed by atoms with E-state index >= 15 is 0 Å². The largest absolute Gasteiger partial charge is 0.462 e. The van der Waals surface area contributed by atoms with Crippen LogP contribution in [0.4, 0.5) is 0 Å². The zero-order valence-corrected chi connectivity index (χ0v) is 39.3. The lowest BCUT2D eigenvalue weighted by molar-refractivity contribution is -0.167. The highest BCUT2D eigenvalue weighted by atomic mass is 16.6. The van der Waals surface area contributed by atoms with Crippen LogP contribution in [0.15, 0.2) is 36.5 Å². The zero-order chi connectivity index (χ0) is 43.0. The summed E-state index contributed by atoms with van der Waals surface area (Å²) in [4.78, 5) is 37.9. The molecule has 0 saturated heterocycles. The van der Waals surface area contributed by atoms with Gasteiger partial charge in [0, 0.05) is 19.3 Å².